The topological polar surface area (TPSA) is 109 Å². The molecule has 0 unspecified atom stereocenters. The molecule has 0 radical (unpaired) electrons. The van der Waals surface area contributed by atoms with E-state index in [1.54, 1.807) is 20.9 Å². The Kier molecular flexibility index (Phi) is 5.13. The second-order valence-corrected chi connectivity index (χ2v) is 6.68. The molecule has 0 aliphatic carbocycles. The van der Waals surface area contributed by atoms with E-state index in [-0.39, 0.29) is 10.6 Å². The quantitative estimate of drug-likeness (QED) is 0.759. The van der Waals surface area contributed by atoms with Crippen LogP contribution in [0.25, 0.3) is 0 Å². The number of hydrogen-bond donors (Lipinski definition) is 2. The first-order valence-electron chi connectivity index (χ1n) is 6.23. The van der Waals surface area contributed by atoms with Gasteiger partial charge in [-0.15, -0.1) is 0 Å². The van der Waals surface area contributed by atoms with E-state index < -0.39 is 34.5 Å². The Labute approximate surface area is 123 Å². The fourth-order valence-electron chi connectivity index (χ4n) is 1.84. The smallest absolute Gasteiger partial charge is 0.318 e. The zero-order valence-corrected chi connectivity index (χ0v) is 13.1. The molecular weight excluding hydrogens is 298 g/mol. The molecule has 9 heteroatoms. The van der Waals surface area contributed by atoms with Crippen LogP contribution in [0.1, 0.15) is 24.3 Å². The monoisotopic (exact) mass is 317 g/mol. The lowest BCUT2D eigenvalue weighted by Gasteiger charge is -2.23. The number of amides is 1. The van der Waals surface area contributed by atoms with Gasteiger partial charge >= 0.3 is 5.97 Å². The van der Waals surface area contributed by atoms with Crippen LogP contribution in [0, 0.1) is 0 Å². The van der Waals surface area contributed by atoms with Crippen LogP contribution in [-0.4, -0.2) is 53.9 Å². The first-order valence-corrected chi connectivity index (χ1v) is 7.67. The lowest BCUT2D eigenvalue weighted by atomic mass is 10.4. The Morgan fingerprint density at radius 3 is 2.43 bits per heavy atom. The fraction of sp³-hybridized carbons (Fsp3) is 0.500. The number of carbonyl (C=O) groups is 2. The van der Waals surface area contributed by atoms with E-state index in [2.05, 4.69) is 5.32 Å². The summed E-state index contributed by atoms with van der Waals surface area (Å²) < 4.78 is 27.3. The minimum absolute atomic E-state index is 0.112. The van der Waals surface area contributed by atoms with Gasteiger partial charge in [0.15, 0.2) is 0 Å². The molecular formula is C12H19N3O5S. The molecule has 0 atom stereocenters. The molecule has 8 nitrogen and oxygen atoms in total. The van der Waals surface area contributed by atoms with Gasteiger partial charge in [-0.25, -0.2) is 8.42 Å². The van der Waals surface area contributed by atoms with Gasteiger partial charge in [0.1, 0.15) is 17.1 Å². The van der Waals surface area contributed by atoms with Crippen molar-refractivity contribution in [3.8, 4) is 0 Å². The van der Waals surface area contributed by atoms with Gasteiger partial charge in [-0.3, -0.25) is 9.59 Å². The van der Waals surface area contributed by atoms with E-state index in [0.29, 0.717) is 0 Å². The van der Waals surface area contributed by atoms with Crippen molar-refractivity contribution in [2.24, 2.45) is 7.05 Å². The van der Waals surface area contributed by atoms with Crippen molar-refractivity contribution in [2.75, 3.05) is 13.6 Å². The molecule has 1 heterocycles. The number of aromatic nitrogens is 1. The van der Waals surface area contributed by atoms with Gasteiger partial charge in [0.05, 0.1) is 0 Å². The molecule has 0 spiro atoms. The van der Waals surface area contributed by atoms with E-state index >= 15 is 0 Å². The number of sulfonamides is 1. The highest BCUT2D eigenvalue weighted by molar-refractivity contribution is 7.89. The number of carbonyl (C=O) groups excluding carboxylic acids is 1. The van der Waals surface area contributed by atoms with Crippen LogP contribution in [0.2, 0.25) is 0 Å². The number of nitrogens with one attached hydrogen (secondary N) is 1. The van der Waals surface area contributed by atoms with Gasteiger partial charge < -0.3 is 15.0 Å². The molecule has 21 heavy (non-hydrogen) atoms. The van der Waals surface area contributed by atoms with Crippen molar-refractivity contribution < 1.29 is 23.1 Å². The lowest BCUT2D eigenvalue weighted by Crippen LogP contribution is -2.40. The van der Waals surface area contributed by atoms with E-state index in [4.69, 9.17) is 5.11 Å². The summed E-state index contributed by atoms with van der Waals surface area (Å²) in [5.41, 5.74) is 0.176. The van der Waals surface area contributed by atoms with Crippen LogP contribution in [-0.2, 0) is 21.9 Å². The number of aryl methyl sites for hydroxylation is 1. The van der Waals surface area contributed by atoms with E-state index in [0.717, 1.165) is 4.31 Å². The SMILES string of the molecule is CNC(=O)c1cc(S(=O)(=O)N(CC(=O)O)C(C)C)cn1C. The third-order valence-corrected chi connectivity index (χ3v) is 4.90. The zero-order valence-electron chi connectivity index (χ0n) is 12.3. The molecule has 0 aliphatic rings. The Morgan fingerprint density at radius 2 is 2.00 bits per heavy atom. The summed E-state index contributed by atoms with van der Waals surface area (Å²) in [6.07, 6.45) is 1.29. The summed E-state index contributed by atoms with van der Waals surface area (Å²) >= 11 is 0. The summed E-state index contributed by atoms with van der Waals surface area (Å²) in [5.74, 6) is -1.66. The number of carboxylic acids is 1. The second kappa shape index (κ2) is 6.27. The predicted molar refractivity (Wildman–Crippen MR) is 75.5 cm³/mol. The van der Waals surface area contributed by atoms with Crippen LogP contribution < -0.4 is 5.32 Å². The van der Waals surface area contributed by atoms with Gasteiger partial charge in [-0.1, -0.05) is 0 Å². The van der Waals surface area contributed by atoms with Gasteiger partial charge in [-0.2, -0.15) is 4.31 Å². The molecule has 0 aromatic carbocycles. The fourth-order valence-corrected chi connectivity index (χ4v) is 3.50. The van der Waals surface area contributed by atoms with Crippen molar-refractivity contribution in [3.05, 3.63) is 18.0 Å². The maximum absolute atomic E-state index is 12.5. The first kappa shape index (κ1) is 17.2. The Morgan fingerprint density at radius 1 is 1.43 bits per heavy atom. The molecule has 118 valence electrons. The van der Waals surface area contributed by atoms with E-state index in [9.17, 15) is 18.0 Å². The number of carboxylic acid groups (broad SMARTS) is 1. The third-order valence-electron chi connectivity index (χ3n) is 2.91. The number of rotatable bonds is 6. The summed E-state index contributed by atoms with van der Waals surface area (Å²) in [4.78, 5) is 22.4. The molecule has 0 bridgehead atoms. The molecule has 0 fully saturated rings. The highest BCUT2D eigenvalue weighted by Crippen LogP contribution is 2.20. The van der Waals surface area contributed by atoms with Crippen molar-refractivity contribution in [3.63, 3.8) is 0 Å². The number of hydrogen-bond acceptors (Lipinski definition) is 4. The largest absolute Gasteiger partial charge is 0.480 e. The molecule has 1 aromatic rings. The maximum Gasteiger partial charge on any atom is 0.318 e. The van der Waals surface area contributed by atoms with E-state index in [1.807, 2.05) is 0 Å². The molecule has 1 amide bonds. The minimum Gasteiger partial charge on any atom is -0.480 e. The van der Waals surface area contributed by atoms with Gasteiger partial charge in [0.25, 0.3) is 5.91 Å². The average Bonchev–Trinajstić information content (AvgIpc) is 2.77. The van der Waals surface area contributed by atoms with Crippen molar-refractivity contribution in [1.29, 1.82) is 0 Å². The standard InChI is InChI=1S/C12H19N3O5S/c1-8(2)15(7-11(16)17)21(19,20)9-5-10(12(18)13-3)14(4)6-9/h5-6,8H,7H2,1-4H3,(H,13,18)(H,16,17). The first-order chi connectivity index (χ1) is 9.61. The van der Waals surface area contributed by atoms with Gasteiger partial charge in [-0.05, 0) is 19.9 Å². The average molecular weight is 317 g/mol. The third kappa shape index (κ3) is 3.61. The molecule has 1 aromatic heterocycles. The number of aliphatic carboxylic acids is 1. The van der Waals surface area contributed by atoms with Gasteiger partial charge in [0.2, 0.25) is 10.0 Å². The summed E-state index contributed by atoms with van der Waals surface area (Å²) in [7, 11) is -1.01. The molecule has 1 rings (SSSR count). The summed E-state index contributed by atoms with van der Waals surface area (Å²) in [5, 5.41) is 11.3. The normalized spacial score (nSPS) is 11.9. The molecule has 0 aliphatic heterocycles. The van der Waals surface area contributed by atoms with Crippen molar-refractivity contribution >= 4 is 21.9 Å². The van der Waals surface area contributed by atoms with Crippen LogP contribution >= 0.6 is 0 Å². The Bertz CT molecular complexity index is 648. The van der Waals surface area contributed by atoms with Crippen molar-refractivity contribution in [1.82, 2.24) is 14.2 Å². The predicted octanol–water partition coefficient (Wildman–Crippen LogP) is -0.132. The van der Waals surface area contributed by atoms with Crippen LogP contribution in [0.4, 0.5) is 0 Å². The summed E-state index contributed by atoms with van der Waals surface area (Å²) in [6.45, 7) is 2.54. The van der Waals surface area contributed by atoms with Crippen molar-refractivity contribution in [2.45, 2.75) is 24.8 Å². The maximum atomic E-state index is 12.5. The van der Waals surface area contributed by atoms with Crippen LogP contribution in [0.5, 0.6) is 0 Å². The minimum atomic E-state index is -3.99. The molecule has 0 saturated carbocycles. The van der Waals surface area contributed by atoms with Gasteiger partial charge in [0, 0.05) is 26.3 Å². The Balaban J connectivity index is 3.29. The molecule has 2 N–H and O–H groups in total. The molecule has 0 saturated heterocycles. The Hall–Kier alpha value is -1.87. The lowest BCUT2D eigenvalue weighted by molar-refractivity contribution is -0.137. The van der Waals surface area contributed by atoms with E-state index in [1.165, 1.54) is 23.9 Å². The number of nitrogens with zero attached hydrogens (tertiary/aromatic N) is 2. The van der Waals surface area contributed by atoms with Crippen LogP contribution in [0.15, 0.2) is 17.2 Å². The van der Waals surface area contributed by atoms with Crippen LogP contribution in [0.3, 0.4) is 0 Å². The highest BCUT2D eigenvalue weighted by Gasteiger charge is 2.30. The highest BCUT2D eigenvalue weighted by atomic mass is 32.2. The zero-order chi connectivity index (χ0) is 16.4. The summed E-state index contributed by atoms with van der Waals surface area (Å²) in [6, 6.07) is 0.709. The second-order valence-electron chi connectivity index (χ2n) is 4.79.